The van der Waals surface area contributed by atoms with Crippen LogP contribution in [0.25, 0.3) is 0 Å². The van der Waals surface area contributed by atoms with Crippen LogP contribution in [-0.4, -0.2) is 25.4 Å². The van der Waals surface area contributed by atoms with Crippen molar-refractivity contribution in [1.82, 2.24) is 9.88 Å². The summed E-state index contributed by atoms with van der Waals surface area (Å²) in [5, 5.41) is 7.94. The number of rotatable bonds is 4. The number of aryl methyl sites for hydroxylation is 1. The van der Waals surface area contributed by atoms with Crippen LogP contribution in [0, 0.1) is 11.8 Å². The maximum absolute atomic E-state index is 12.1. The lowest BCUT2D eigenvalue weighted by Crippen LogP contribution is -2.31. The van der Waals surface area contributed by atoms with Crippen LogP contribution in [-0.2, 0) is 17.1 Å². The minimum absolute atomic E-state index is 0.0422. The van der Waals surface area contributed by atoms with Crippen LogP contribution >= 0.6 is 0 Å². The summed E-state index contributed by atoms with van der Waals surface area (Å²) in [5.74, 6) is 0.877. The Morgan fingerprint density at radius 2 is 2.20 bits per heavy atom. The molecule has 1 saturated carbocycles. The number of hydrogen-bond acceptors (Lipinski definition) is 3. The number of hydrogen-bond donors (Lipinski definition) is 2. The van der Waals surface area contributed by atoms with Gasteiger partial charge in [0.15, 0.2) is 0 Å². The van der Waals surface area contributed by atoms with Crippen LogP contribution in [0.2, 0.25) is 0 Å². The van der Waals surface area contributed by atoms with Crippen molar-refractivity contribution in [3.05, 3.63) is 18.0 Å². The fourth-order valence-corrected chi connectivity index (χ4v) is 3.34. The molecule has 7 heteroatoms. The SMILES string of the molecule is CC1CCCC1CNC(=O)c1cc(S(N)(=O)=O)cn1C. The summed E-state index contributed by atoms with van der Waals surface area (Å²) in [6.45, 7) is 2.83. The van der Waals surface area contributed by atoms with Gasteiger partial charge in [-0.1, -0.05) is 19.8 Å². The van der Waals surface area contributed by atoms with E-state index in [0.29, 0.717) is 24.1 Å². The normalized spacial score (nSPS) is 22.9. The van der Waals surface area contributed by atoms with Gasteiger partial charge in [-0.25, -0.2) is 13.6 Å². The Bertz CT molecular complexity index is 606. The van der Waals surface area contributed by atoms with Crippen molar-refractivity contribution in [1.29, 1.82) is 0 Å². The summed E-state index contributed by atoms with van der Waals surface area (Å²) in [7, 11) is -2.15. The molecule has 2 rings (SSSR count). The second kappa shape index (κ2) is 5.57. The zero-order valence-electron chi connectivity index (χ0n) is 11.8. The Kier molecular flexibility index (Phi) is 4.19. The van der Waals surface area contributed by atoms with Crippen molar-refractivity contribution in [3.63, 3.8) is 0 Å². The lowest BCUT2D eigenvalue weighted by atomic mass is 9.98. The summed E-state index contributed by atoms with van der Waals surface area (Å²) in [5.41, 5.74) is 0.305. The summed E-state index contributed by atoms with van der Waals surface area (Å²) in [4.78, 5) is 12.1. The molecule has 6 nitrogen and oxygen atoms in total. The number of amides is 1. The van der Waals surface area contributed by atoms with Gasteiger partial charge in [0.25, 0.3) is 5.91 Å². The molecule has 3 N–H and O–H groups in total. The van der Waals surface area contributed by atoms with Crippen LogP contribution in [0.3, 0.4) is 0 Å². The molecule has 2 atom stereocenters. The third kappa shape index (κ3) is 3.21. The Morgan fingerprint density at radius 3 is 2.70 bits per heavy atom. The van der Waals surface area contributed by atoms with Gasteiger partial charge in [-0.15, -0.1) is 0 Å². The molecular weight excluding hydrogens is 278 g/mol. The van der Waals surface area contributed by atoms with Gasteiger partial charge in [-0.2, -0.15) is 0 Å². The highest BCUT2D eigenvalue weighted by Gasteiger charge is 2.24. The highest BCUT2D eigenvalue weighted by molar-refractivity contribution is 7.89. The molecule has 1 aliphatic carbocycles. The van der Waals surface area contributed by atoms with Crippen molar-refractivity contribution in [2.24, 2.45) is 24.0 Å². The molecule has 0 bridgehead atoms. The number of nitrogens with one attached hydrogen (secondary N) is 1. The second-order valence-corrected chi connectivity index (χ2v) is 7.16. The van der Waals surface area contributed by atoms with Crippen LogP contribution in [0.15, 0.2) is 17.2 Å². The fourth-order valence-electron chi connectivity index (χ4n) is 2.76. The molecule has 1 fully saturated rings. The molecule has 20 heavy (non-hydrogen) atoms. The summed E-state index contributed by atoms with van der Waals surface area (Å²) >= 11 is 0. The molecule has 1 heterocycles. The summed E-state index contributed by atoms with van der Waals surface area (Å²) in [6.07, 6.45) is 4.90. The quantitative estimate of drug-likeness (QED) is 0.862. The molecular formula is C13H21N3O3S. The van der Waals surface area contributed by atoms with E-state index in [9.17, 15) is 13.2 Å². The maximum atomic E-state index is 12.1. The van der Waals surface area contributed by atoms with Crippen LogP contribution in [0.5, 0.6) is 0 Å². The molecule has 1 aromatic rings. The lowest BCUT2D eigenvalue weighted by Gasteiger charge is -2.15. The minimum atomic E-state index is -3.78. The standard InChI is InChI=1S/C13H21N3O3S/c1-9-4-3-5-10(9)7-15-13(17)12-6-11(8-16(12)2)20(14,18)19/h6,8-10H,3-5,7H2,1-2H3,(H,15,17)(H2,14,18,19). The Morgan fingerprint density at radius 1 is 1.50 bits per heavy atom. The van der Waals surface area contributed by atoms with Gasteiger partial charge < -0.3 is 9.88 Å². The largest absolute Gasteiger partial charge is 0.350 e. The molecule has 0 aromatic carbocycles. The number of carbonyl (C=O) groups is 1. The summed E-state index contributed by atoms with van der Waals surface area (Å²) in [6, 6.07) is 1.31. The second-order valence-electron chi connectivity index (χ2n) is 5.60. The van der Waals surface area contributed by atoms with Gasteiger partial charge in [0.1, 0.15) is 10.6 Å². The molecule has 2 unspecified atom stereocenters. The van der Waals surface area contributed by atoms with Gasteiger partial charge in [0.05, 0.1) is 0 Å². The van der Waals surface area contributed by atoms with Gasteiger partial charge >= 0.3 is 0 Å². The first-order valence-electron chi connectivity index (χ1n) is 6.76. The van der Waals surface area contributed by atoms with Crippen molar-refractivity contribution < 1.29 is 13.2 Å². The molecule has 1 amide bonds. The van der Waals surface area contributed by atoms with Crippen molar-refractivity contribution in [2.75, 3.05) is 6.54 Å². The number of carbonyl (C=O) groups excluding carboxylic acids is 1. The Hall–Kier alpha value is -1.34. The highest BCUT2D eigenvalue weighted by atomic mass is 32.2. The van der Waals surface area contributed by atoms with E-state index < -0.39 is 10.0 Å². The minimum Gasteiger partial charge on any atom is -0.350 e. The average Bonchev–Trinajstić information content (AvgIpc) is 2.92. The van der Waals surface area contributed by atoms with E-state index in [4.69, 9.17) is 5.14 Å². The molecule has 1 aromatic heterocycles. The number of aromatic nitrogens is 1. The van der Waals surface area contributed by atoms with Gasteiger partial charge in [0.2, 0.25) is 10.0 Å². The Labute approximate surface area is 119 Å². The molecule has 112 valence electrons. The lowest BCUT2D eigenvalue weighted by molar-refractivity contribution is 0.0936. The molecule has 1 aliphatic rings. The van der Waals surface area contributed by atoms with Gasteiger partial charge in [0, 0.05) is 19.8 Å². The molecule has 0 spiro atoms. The number of nitrogens with zero attached hydrogens (tertiary/aromatic N) is 1. The third-order valence-corrected chi connectivity index (χ3v) is 4.99. The Balaban J connectivity index is 2.04. The van der Waals surface area contributed by atoms with E-state index >= 15 is 0 Å². The van der Waals surface area contributed by atoms with E-state index in [2.05, 4.69) is 12.2 Å². The van der Waals surface area contributed by atoms with E-state index in [1.165, 1.54) is 29.7 Å². The molecule has 0 aliphatic heterocycles. The first kappa shape index (κ1) is 15.1. The first-order valence-corrected chi connectivity index (χ1v) is 8.31. The maximum Gasteiger partial charge on any atom is 0.267 e. The highest BCUT2D eigenvalue weighted by Crippen LogP contribution is 2.30. The van der Waals surface area contributed by atoms with Crippen LogP contribution < -0.4 is 10.5 Å². The molecule has 0 radical (unpaired) electrons. The fraction of sp³-hybridized carbons (Fsp3) is 0.615. The zero-order valence-corrected chi connectivity index (χ0v) is 12.6. The van der Waals surface area contributed by atoms with Gasteiger partial charge in [-0.05, 0) is 24.3 Å². The predicted molar refractivity (Wildman–Crippen MR) is 75.6 cm³/mol. The van der Waals surface area contributed by atoms with Crippen molar-refractivity contribution in [3.8, 4) is 0 Å². The zero-order chi connectivity index (χ0) is 14.9. The van der Waals surface area contributed by atoms with Gasteiger partial charge in [-0.3, -0.25) is 4.79 Å². The monoisotopic (exact) mass is 299 g/mol. The number of sulfonamides is 1. The van der Waals surface area contributed by atoms with Crippen LogP contribution in [0.4, 0.5) is 0 Å². The summed E-state index contributed by atoms with van der Waals surface area (Å²) < 4.78 is 24.0. The number of nitrogens with two attached hydrogens (primary N) is 1. The van der Waals surface area contributed by atoms with E-state index in [-0.39, 0.29) is 10.8 Å². The molecule has 0 saturated heterocycles. The number of primary sulfonamides is 1. The van der Waals surface area contributed by atoms with E-state index in [0.717, 1.165) is 6.42 Å². The van der Waals surface area contributed by atoms with Crippen molar-refractivity contribution >= 4 is 15.9 Å². The third-order valence-electron chi connectivity index (χ3n) is 4.10. The average molecular weight is 299 g/mol. The smallest absolute Gasteiger partial charge is 0.267 e. The topological polar surface area (TPSA) is 94.2 Å². The van der Waals surface area contributed by atoms with E-state index in [1.807, 2.05) is 0 Å². The van der Waals surface area contributed by atoms with E-state index in [1.54, 1.807) is 7.05 Å². The van der Waals surface area contributed by atoms with Crippen LogP contribution in [0.1, 0.15) is 36.7 Å². The predicted octanol–water partition coefficient (Wildman–Crippen LogP) is 0.839. The first-order chi connectivity index (χ1) is 9.29. The van der Waals surface area contributed by atoms with Crippen molar-refractivity contribution in [2.45, 2.75) is 31.1 Å².